The molecule has 25 heavy (non-hydrogen) atoms. The second-order valence-corrected chi connectivity index (χ2v) is 7.04. The number of carbonyl (C=O) groups excluding carboxylic acids is 1. The number of rotatable bonds is 4. The minimum Gasteiger partial charge on any atom is -0.399 e. The maximum atomic E-state index is 12.7. The van der Waals surface area contributed by atoms with Crippen molar-refractivity contribution in [1.29, 1.82) is 0 Å². The summed E-state index contributed by atoms with van der Waals surface area (Å²) in [4.78, 5) is 12.7. The summed E-state index contributed by atoms with van der Waals surface area (Å²) in [6, 6.07) is 13.2. The number of benzene rings is 2. The lowest BCUT2D eigenvalue weighted by Gasteiger charge is -2.38. The number of amides is 1. The lowest BCUT2D eigenvalue weighted by molar-refractivity contribution is 0.0487. The highest BCUT2D eigenvalue weighted by molar-refractivity contribution is 6.31. The molecule has 2 aromatic rings. The summed E-state index contributed by atoms with van der Waals surface area (Å²) in [5.41, 5.74) is 8.80. The minimum atomic E-state index is -0.208. The molecule has 0 atom stereocenters. The summed E-state index contributed by atoms with van der Waals surface area (Å²) in [6.07, 6.45) is 1.65. The standard InChI is InChI=1S/C20H23ClN2O2/c1-14-6-7-15(22)12-16(14)19(24)23-13-20(8-10-25-11-9-20)17-4-2-3-5-18(17)21/h2-7,12H,8-11,13,22H2,1H3,(H,23,24). The fraction of sp³-hybridized carbons (Fsp3) is 0.350. The minimum absolute atomic E-state index is 0.109. The van der Waals surface area contributed by atoms with Crippen molar-refractivity contribution in [2.75, 3.05) is 25.5 Å². The highest BCUT2D eigenvalue weighted by Crippen LogP contribution is 2.38. The van der Waals surface area contributed by atoms with Gasteiger partial charge < -0.3 is 15.8 Å². The molecule has 2 aromatic carbocycles. The number of nitrogens with one attached hydrogen (secondary N) is 1. The van der Waals surface area contributed by atoms with Crippen LogP contribution in [0.25, 0.3) is 0 Å². The Bertz CT molecular complexity index is 770. The van der Waals surface area contributed by atoms with E-state index >= 15 is 0 Å². The first-order valence-corrected chi connectivity index (χ1v) is 8.87. The quantitative estimate of drug-likeness (QED) is 0.819. The van der Waals surface area contributed by atoms with Gasteiger partial charge in [-0.05, 0) is 49.1 Å². The van der Waals surface area contributed by atoms with E-state index in [1.807, 2.05) is 37.3 Å². The third-order valence-electron chi connectivity index (χ3n) is 4.99. The van der Waals surface area contributed by atoms with Crippen LogP contribution < -0.4 is 11.1 Å². The van der Waals surface area contributed by atoms with Gasteiger partial charge in [0.15, 0.2) is 0 Å². The van der Waals surface area contributed by atoms with Crippen LogP contribution in [0.4, 0.5) is 5.69 Å². The molecule has 0 bridgehead atoms. The molecule has 1 heterocycles. The molecule has 0 unspecified atom stereocenters. The lowest BCUT2D eigenvalue weighted by atomic mass is 9.74. The summed E-state index contributed by atoms with van der Waals surface area (Å²) in [7, 11) is 0. The van der Waals surface area contributed by atoms with E-state index in [1.165, 1.54) is 0 Å². The Balaban J connectivity index is 1.83. The maximum absolute atomic E-state index is 12.7. The number of hydrogen-bond acceptors (Lipinski definition) is 3. The van der Waals surface area contributed by atoms with E-state index in [4.69, 9.17) is 22.1 Å². The first-order valence-electron chi connectivity index (χ1n) is 8.49. The normalized spacial score (nSPS) is 16.4. The number of nitrogen functional groups attached to an aromatic ring is 1. The zero-order valence-electron chi connectivity index (χ0n) is 14.3. The van der Waals surface area contributed by atoms with Crippen LogP contribution >= 0.6 is 11.6 Å². The van der Waals surface area contributed by atoms with Gasteiger partial charge in [0.25, 0.3) is 5.91 Å². The van der Waals surface area contributed by atoms with Crippen LogP contribution in [0.2, 0.25) is 5.02 Å². The number of halogens is 1. The third-order valence-corrected chi connectivity index (χ3v) is 5.32. The Labute approximate surface area is 153 Å². The Morgan fingerprint density at radius 1 is 1.24 bits per heavy atom. The molecule has 1 aliphatic rings. The second kappa shape index (κ2) is 7.46. The van der Waals surface area contributed by atoms with Gasteiger partial charge in [-0.2, -0.15) is 0 Å². The van der Waals surface area contributed by atoms with Gasteiger partial charge in [0.2, 0.25) is 0 Å². The summed E-state index contributed by atoms with van der Waals surface area (Å²) in [6.45, 7) is 3.76. The predicted octanol–water partition coefficient (Wildman–Crippen LogP) is 3.71. The fourth-order valence-electron chi connectivity index (χ4n) is 3.42. The van der Waals surface area contributed by atoms with Crippen LogP contribution in [-0.2, 0) is 10.2 Å². The molecule has 1 aliphatic heterocycles. The monoisotopic (exact) mass is 358 g/mol. The SMILES string of the molecule is Cc1ccc(N)cc1C(=O)NCC1(c2ccccc2Cl)CCOCC1. The second-order valence-electron chi connectivity index (χ2n) is 6.63. The van der Waals surface area contributed by atoms with Gasteiger partial charge in [-0.1, -0.05) is 35.9 Å². The van der Waals surface area contributed by atoms with Gasteiger partial charge in [0.05, 0.1) is 0 Å². The molecule has 0 radical (unpaired) electrons. The molecule has 0 aromatic heterocycles. The summed E-state index contributed by atoms with van der Waals surface area (Å²) >= 11 is 6.46. The van der Waals surface area contributed by atoms with Crippen LogP contribution in [0.1, 0.15) is 34.3 Å². The number of carbonyl (C=O) groups is 1. The molecule has 0 spiro atoms. The fourth-order valence-corrected chi connectivity index (χ4v) is 3.76. The molecular formula is C20H23ClN2O2. The number of nitrogens with two attached hydrogens (primary N) is 1. The molecule has 4 nitrogen and oxygen atoms in total. The lowest BCUT2D eigenvalue weighted by Crippen LogP contribution is -2.45. The zero-order valence-corrected chi connectivity index (χ0v) is 15.1. The van der Waals surface area contributed by atoms with Gasteiger partial charge in [-0.15, -0.1) is 0 Å². The van der Waals surface area contributed by atoms with Crippen molar-refractivity contribution in [3.05, 3.63) is 64.2 Å². The predicted molar refractivity (Wildman–Crippen MR) is 101 cm³/mol. The van der Waals surface area contributed by atoms with Crippen LogP contribution in [0, 0.1) is 6.92 Å². The molecule has 1 amide bonds. The smallest absolute Gasteiger partial charge is 0.251 e. The van der Waals surface area contributed by atoms with Crippen molar-refractivity contribution >= 4 is 23.2 Å². The zero-order chi connectivity index (χ0) is 17.9. The average Bonchev–Trinajstić information content (AvgIpc) is 2.63. The van der Waals surface area contributed by atoms with E-state index in [9.17, 15) is 4.79 Å². The van der Waals surface area contributed by atoms with Crippen molar-refractivity contribution < 1.29 is 9.53 Å². The first kappa shape index (κ1) is 17.8. The number of ether oxygens (including phenoxy) is 1. The number of hydrogen-bond donors (Lipinski definition) is 2. The third kappa shape index (κ3) is 3.80. The van der Waals surface area contributed by atoms with Gasteiger partial charge in [-0.25, -0.2) is 0 Å². The Morgan fingerprint density at radius 2 is 1.96 bits per heavy atom. The van der Waals surface area contributed by atoms with Crippen LogP contribution in [-0.4, -0.2) is 25.7 Å². The molecule has 3 N–H and O–H groups in total. The number of anilines is 1. The molecule has 1 fully saturated rings. The summed E-state index contributed by atoms with van der Waals surface area (Å²) in [5, 5.41) is 3.83. The van der Waals surface area contributed by atoms with Crippen LogP contribution in [0.5, 0.6) is 0 Å². The van der Waals surface area contributed by atoms with E-state index in [0.29, 0.717) is 31.0 Å². The molecular weight excluding hydrogens is 336 g/mol. The van der Waals surface area contributed by atoms with E-state index in [-0.39, 0.29) is 11.3 Å². The van der Waals surface area contributed by atoms with Crippen molar-refractivity contribution in [2.45, 2.75) is 25.2 Å². The highest BCUT2D eigenvalue weighted by atomic mass is 35.5. The molecule has 132 valence electrons. The van der Waals surface area contributed by atoms with Gasteiger partial charge >= 0.3 is 0 Å². The topological polar surface area (TPSA) is 64.4 Å². The van der Waals surface area contributed by atoms with Gasteiger partial charge in [0.1, 0.15) is 0 Å². The van der Waals surface area contributed by atoms with Crippen molar-refractivity contribution in [2.24, 2.45) is 0 Å². The largest absolute Gasteiger partial charge is 0.399 e. The van der Waals surface area contributed by atoms with Gasteiger partial charge in [0, 0.05) is 41.4 Å². The van der Waals surface area contributed by atoms with Gasteiger partial charge in [-0.3, -0.25) is 4.79 Å². The van der Waals surface area contributed by atoms with Crippen molar-refractivity contribution in [3.8, 4) is 0 Å². The van der Waals surface area contributed by atoms with E-state index in [0.717, 1.165) is 29.0 Å². The molecule has 0 aliphatic carbocycles. The Kier molecular flexibility index (Phi) is 5.30. The Hall–Kier alpha value is -2.04. The van der Waals surface area contributed by atoms with Crippen LogP contribution in [0.3, 0.4) is 0 Å². The average molecular weight is 359 g/mol. The molecule has 5 heteroatoms. The molecule has 1 saturated heterocycles. The van der Waals surface area contributed by atoms with E-state index in [1.54, 1.807) is 12.1 Å². The Morgan fingerprint density at radius 3 is 2.68 bits per heavy atom. The molecule has 0 saturated carbocycles. The number of aryl methyl sites for hydroxylation is 1. The van der Waals surface area contributed by atoms with Crippen molar-refractivity contribution in [1.82, 2.24) is 5.32 Å². The first-order chi connectivity index (χ1) is 12.0. The summed E-state index contributed by atoms with van der Waals surface area (Å²) in [5.74, 6) is -0.109. The van der Waals surface area contributed by atoms with E-state index in [2.05, 4.69) is 5.32 Å². The van der Waals surface area contributed by atoms with E-state index < -0.39 is 0 Å². The van der Waals surface area contributed by atoms with Crippen molar-refractivity contribution in [3.63, 3.8) is 0 Å². The summed E-state index contributed by atoms with van der Waals surface area (Å²) < 4.78 is 5.54. The maximum Gasteiger partial charge on any atom is 0.251 e. The van der Waals surface area contributed by atoms with Crippen LogP contribution in [0.15, 0.2) is 42.5 Å². The molecule has 3 rings (SSSR count). The highest BCUT2D eigenvalue weighted by Gasteiger charge is 2.36.